The summed E-state index contributed by atoms with van der Waals surface area (Å²) in [5.41, 5.74) is 9.09. The van der Waals surface area contributed by atoms with E-state index in [1.54, 1.807) is 0 Å². The van der Waals surface area contributed by atoms with E-state index in [2.05, 4.69) is 156 Å². The monoisotopic (exact) mass is 653 g/mol. The summed E-state index contributed by atoms with van der Waals surface area (Å²) < 4.78 is 4.99. The van der Waals surface area contributed by atoms with E-state index >= 15 is 0 Å². The van der Waals surface area contributed by atoms with Crippen LogP contribution in [0.5, 0.6) is 0 Å². The Balaban J connectivity index is 1.18. The molecular formula is C46H27N3S. The fraction of sp³-hybridized carbons (Fsp3) is 0. The molecule has 0 aliphatic rings. The number of benzene rings is 8. The topological polar surface area (TPSA) is 30.7 Å². The van der Waals surface area contributed by atoms with Gasteiger partial charge < -0.3 is 4.57 Å². The number of aromatic nitrogens is 3. The molecule has 11 aromatic rings. The van der Waals surface area contributed by atoms with Crippen molar-refractivity contribution in [3.63, 3.8) is 0 Å². The first-order valence-corrected chi connectivity index (χ1v) is 17.7. The van der Waals surface area contributed by atoms with Crippen LogP contribution in [0.4, 0.5) is 0 Å². The Morgan fingerprint density at radius 3 is 1.64 bits per heavy atom. The Morgan fingerprint density at radius 1 is 0.400 bits per heavy atom. The fourth-order valence-corrected chi connectivity index (χ4v) is 8.98. The van der Waals surface area contributed by atoms with Gasteiger partial charge in [0, 0.05) is 47.8 Å². The normalized spacial score (nSPS) is 12.0. The standard InChI is InChI=1S/C46H27N3S/c1-3-14-33-28(10-1)20-23-39-43(33)44-34-15-4-2-11-29(34)21-24-40(44)49(39)32-13-9-12-30(26-32)45-46(48-38-18-7-6-17-37(38)47-45)31-22-25-42-36(27-31)35-16-5-8-19-41(35)50-42/h1-27H. The molecule has 232 valence electrons. The zero-order valence-electron chi connectivity index (χ0n) is 26.8. The molecule has 0 bridgehead atoms. The Kier molecular flexibility index (Phi) is 5.83. The maximum absolute atomic E-state index is 5.31. The molecule has 3 aromatic heterocycles. The summed E-state index contributed by atoms with van der Waals surface area (Å²) in [5.74, 6) is 0. The van der Waals surface area contributed by atoms with Gasteiger partial charge in [0.05, 0.1) is 33.5 Å². The lowest BCUT2D eigenvalue weighted by Gasteiger charge is -2.14. The zero-order valence-corrected chi connectivity index (χ0v) is 27.7. The molecule has 0 spiro atoms. The van der Waals surface area contributed by atoms with Crippen LogP contribution in [0.15, 0.2) is 164 Å². The largest absolute Gasteiger partial charge is 0.309 e. The molecule has 3 nitrogen and oxygen atoms in total. The number of thiophene rings is 1. The first-order valence-electron chi connectivity index (χ1n) is 16.9. The van der Waals surface area contributed by atoms with Crippen molar-refractivity contribution < 1.29 is 0 Å². The van der Waals surface area contributed by atoms with E-state index in [9.17, 15) is 0 Å². The van der Waals surface area contributed by atoms with E-state index in [-0.39, 0.29) is 0 Å². The lowest BCUT2D eigenvalue weighted by atomic mass is 10.00. The zero-order chi connectivity index (χ0) is 32.8. The summed E-state index contributed by atoms with van der Waals surface area (Å²) in [4.78, 5) is 10.6. The molecule has 0 amide bonds. The highest BCUT2D eigenvalue weighted by atomic mass is 32.1. The Labute approximate surface area is 291 Å². The Bertz CT molecular complexity index is 3070. The summed E-state index contributed by atoms with van der Waals surface area (Å²) in [5, 5.41) is 10.1. The smallest absolute Gasteiger partial charge is 0.0973 e. The molecule has 0 radical (unpaired) electrons. The third-order valence-electron chi connectivity index (χ3n) is 10.1. The first kappa shape index (κ1) is 27.6. The molecule has 0 unspecified atom stereocenters. The van der Waals surface area contributed by atoms with Crippen molar-refractivity contribution in [2.45, 2.75) is 0 Å². The van der Waals surface area contributed by atoms with Gasteiger partial charge >= 0.3 is 0 Å². The highest BCUT2D eigenvalue weighted by molar-refractivity contribution is 7.25. The van der Waals surface area contributed by atoms with E-state index in [1.807, 2.05) is 23.5 Å². The maximum atomic E-state index is 5.31. The number of fused-ring (bicyclic) bond motifs is 11. The van der Waals surface area contributed by atoms with Gasteiger partial charge in [-0.05, 0) is 76.1 Å². The number of hydrogen-bond acceptors (Lipinski definition) is 3. The predicted molar refractivity (Wildman–Crippen MR) is 213 cm³/mol. The minimum absolute atomic E-state index is 0.876. The van der Waals surface area contributed by atoms with Crippen molar-refractivity contribution in [1.29, 1.82) is 0 Å². The van der Waals surface area contributed by atoms with E-state index in [1.165, 1.54) is 63.5 Å². The molecule has 0 atom stereocenters. The lowest BCUT2D eigenvalue weighted by molar-refractivity contribution is 1.18. The second-order valence-corrected chi connectivity index (χ2v) is 14.0. The van der Waals surface area contributed by atoms with Crippen LogP contribution in [0, 0.1) is 0 Å². The van der Waals surface area contributed by atoms with Crippen LogP contribution in [0.2, 0.25) is 0 Å². The van der Waals surface area contributed by atoms with Crippen LogP contribution >= 0.6 is 11.3 Å². The average molecular weight is 654 g/mol. The molecular weight excluding hydrogens is 627 g/mol. The van der Waals surface area contributed by atoms with E-state index in [0.717, 1.165) is 39.2 Å². The quantitative estimate of drug-likeness (QED) is 0.190. The van der Waals surface area contributed by atoms with Crippen molar-refractivity contribution in [1.82, 2.24) is 14.5 Å². The summed E-state index contributed by atoms with van der Waals surface area (Å²) in [6, 6.07) is 58.9. The predicted octanol–water partition coefficient (Wildman–Crippen LogP) is 12.7. The van der Waals surface area contributed by atoms with Gasteiger partial charge in [-0.15, -0.1) is 11.3 Å². The Hall–Kier alpha value is -6.36. The number of rotatable bonds is 3. The molecule has 0 saturated carbocycles. The molecule has 0 saturated heterocycles. The average Bonchev–Trinajstić information content (AvgIpc) is 3.73. The van der Waals surface area contributed by atoms with Crippen LogP contribution in [-0.4, -0.2) is 14.5 Å². The Morgan fingerprint density at radius 2 is 0.960 bits per heavy atom. The minimum Gasteiger partial charge on any atom is -0.309 e. The van der Waals surface area contributed by atoms with Crippen LogP contribution in [0.1, 0.15) is 0 Å². The van der Waals surface area contributed by atoms with Crippen molar-refractivity contribution in [3.05, 3.63) is 164 Å². The SMILES string of the molecule is c1cc(-c2nc3ccccc3nc2-c2ccc3sc4ccccc4c3c2)cc(-n2c3ccc4ccccc4c3c3c4ccccc4ccc32)c1. The van der Waals surface area contributed by atoms with Gasteiger partial charge in [-0.2, -0.15) is 0 Å². The molecule has 50 heavy (non-hydrogen) atoms. The van der Waals surface area contributed by atoms with E-state index < -0.39 is 0 Å². The van der Waals surface area contributed by atoms with Gasteiger partial charge in [-0.25, -0.2) is 9.97 Å². The number of nitrogens with zero attached hydrogens (tertiary/aromatic N) is 3. The van der Waals surface area contributed by atoms with Crippen molar-refractivity contribution >= 4 is 85.9 Å². The maximum Gasteiger partial charge on any atom is 0.0973 e. The molecule has 3 heterocycles. The summed E-state index contributed by atoms with van der Waals surface area (Å²) in [6.45, 7) is 0. The van der Waals surface area contributed by atoms with Crippen molar-refractivity contribution in [3.8, 4) is 28.2 Å². The number of hydrogen-bond donors (Lipinski definition) is 0. The van der Waals surface area contributed by atoms with Gasteiger partial charge in [0.1, 0.15) is 0 Å². The van der Waals surface area contributed by atoms with Gasteiger partial charge in [0.25, 0.3) is 0 Å². The molecule has 11 rings (SSSR count). The first-order chi connectivity index (χ1) is 24.8. The molecule has 0 N–H and O–H groups in total. The summed E-state index contributed by atoms with van der Waals surface area (Å²) in [6.07, 6.45) is 0. The highest BCUT2D eigenvalue weighted by Crippen LogP contribution is 2.42. The van der Waals surface area contributed by atoms with Crippen LogP contribution in [0.3, 0.4) is 0 Å². The lowest BCUT2D eigenvalue weighted by Crippen LogP contribution is -1.98. The molecule has 4 heteroatoms. The van der Waals surface area contributed by atoms with Gasteiger partial charge in [-0.3, -0.25) is 0 Å². The van der Waals surface area contributed by atoms with Crippen LogP contribution in [-0.2, 0) is 0 Å². The molecule has 8 aromatic carbocycles. The second kappa shape index (κ2) is 10.6. The van der Waals surface area contributed by atoms with Crippen LogP contribution < -0.4 is 0 Å². The molecule has 0 fully saturated rings. The third-order valence-corrected chi connectivity index (χ3v) is 11.3. The van der Waals surface area contributed by atoms with Gasteiger partial charge in [0.2, 0.25) is 0 Å². The van der Waals surface area contributed by atoms with Crippen molar-refractivity contribution in [2.24, 2.45) is 0 Å². The summed E-state index contributed by atoms with van der Waals surface area (Å²) in [7, 11) is 0. The molecule has 0 aliphatic carbocycles. The summed E-state index contributed by atoms with van der Waals surface area (Å²) >= 11 is 1.83. The van der Waals surface area contributed by atoms with Crippen molar-refractivity contribution in [2.75, 3.05) is 0 Å². The van der Waals surface area contributed by atoms with E-state index in [4.69, 9.17) is 9.97 Å². The van der Waals surface area contributed by atoms with E-state index in [0.29, 0.717) is 0 Å². The van der Waals surface area contributed by atoms with Gasteiger partial charge in [0.15, 0.2) is 0 Å². The third kappa shape index (κ3) is 4.03. The fourth-order valence-electron chi connectivity index (χ4n) is 7.89. The van der Waals surface area contributed by atoms with Crippen LogP contribution in [0.25, 0.3) is 103 Å². The molecule has 0 aliphatic heterocycles. The second-order valence-electron chi connectivity index (χ2n) is 13.0. The minimum atomic E-state index is 0.876. The number of para-hydroxylation sites is 2. The highest BCUT2D eigenvalue weighted by Gasteiger charge is 2.19. The van der Waals surface area contributed by atoms with Gasteiger partial charge in [-0.1, -0.05) is 109 Å².